The van der Waals surface area contributed by atoms with Gasteiger partial charge in [0.15, 0.2) is 11.5 Å². The van der Waals surface area contributed by atoms with Crippen LogP contribution in [0.3, 0.4) is 0 Å². The summed E-state index contributed by atoms with van der Waals surface area (Å²) in [5.74, 6) is 1.43. The van der Waals surface area contributed by atoms with Gasteiger partial charge in [0.25, 0.3) is 0 Å². The summed E-state index contributed by atoms with van der Waals surface area (Å²) < 4.78 is 11.2. The summed E-state index contributed by atoms with van der Waals surface area (Å²) in [5.41, 5.74) is 6.03. The van der Waals surface area contributed by atoms with Crippen LogP contribution < -0.4 is 15.2 Å². The van der Waals surface area contributed by atoms with Crippen LogP contribution in [0.5, 0.6) is 11.5 Å². The molecule has 1 aliphatic rings. The van der Waals surface area contributed by atoms with Crippen LogP contribution >= 0.6 is 0 Å². The first-order valence-electron chi connectivity index (χ1n) is 7.47. The fourth-order valence-electron chi connectivity index (χ4n) is 2.75. The molecule has 1 aromatic rings. The maximum atomic E-state index is 10.8. The van der Waals surface area contributed by atoms with Crippen LogP contribution in [0, 0.1) is 0 Å². The Morgan fingerprint density at radius 1 is 1.15 bits per heavy atom. The molecule has 2 rings (SSSR count). The summed E-state index contributed by atoms with van der Waals surface area (Å²) in [6.45, 7) is 5.06. The van der Waals surface area contributed by atoms with Crippen LogP contribution in [-0.4, -0.2) is 24.4 Å². The van der Waals surface area contributed by atoms with Crippen molar-refractivity contribution < 1.29 is 14.6 Å². The van der Waals surface area contributed by atoms with Crippen molar-refractivity contribution in [1.82, 2.24) is 0 Å². The molecule has 0 radical (unpaired) electrons. The Hall–Kier alpha value is -1.26. The van der Waals surface area contributed by atoms with Gasteiger partial charge in [-0.2, -0.15) is 0 Å². The third-order valence-corrected chi connectivity index (χ3v) is 3.94. The van der Waals surface area contributed by atoms with E-state index < -0.39 is 5.60 Å². The second kappa shape index (κ2) is 6.46. The van der Waals surface area contributed by atoms with Crippen LogP contribution in [0.1, 0.15) is 45.1 Å². The highest BCUT2D eigenvalue weighted by Crippen LogP contribution is 2.40. The lowest BCUT2D eigenvalue weighted by Crippen LogP contribution is -2.36. The quantitative estimate of drug-likeness (QED) is 0.869. The van der Waals surface area contributed by atoms with Crippen LogP contribution in [0.2, 0.25) is 0 Å². The fourth-order valence-corrected chi connectivity index (χ4v) is 2.75. The minimum Gasteiger partial charge on any atom is -0.490 e. The van der Waals surface area contributed by atoms with E-state index in [1.807, 2.05) is 32.0 Å². The van der Waals surface area contributed by atoms with Crippen molar-refractivity contribution in [3.05, 3.63) is 23.8 Å². The molecule has 4 nitrogen and oxygen atoms in total. The number of rotatable bonds is 5. The van der Waals surface area contributed by atoms with Gasteiger partial charge < -0.3 is 20.3 Å². The molecule has 1 saturated carbocycles. The molecular weight excluding hydrogens is 254 g/mol. The monoisotopic (exact) mass is 279 g/mol. The normalized spacial score (nSPS) is 26.3. The first kappa shape index (κ1) is 15.1. The molecule has 0 unspecified atom stereocenters. The van der Waals surface area contributed by atoms with Gasteiger partial charge >= 0.3 is 0 Å². The van der Waals surface area contributed by atoms with Crippen LogP contribution in [-0.2, 0) is 5.60 Å². The van der Waals surface area contributed by atoms with E-state index in [0.717, 1.165) is 24.2 Å². The van der Waals surface area contributed by atoms with E-state index >= 15 is 0 Å². The Labute approximate surface area is 120 Å². The van der Waals surface area contributed by atoms with E-state index in [1.165, 1.54) is 0 Å². The van der Waals surface area contributed by atoms with Crippen molar-refractivity contribution in [1.29, 1.82) is 0 Å². The number of benzene rings is 1. The highest BCUT2D eigenvalue weighted by molar-refractivity contribution is 5.44. The molecule has 0 aromatic heterocycles. The Morgan fingerprint density at radius 2 is 1.75 bits per heavy atom. The Bertz CT molecular complexity index is 439. The zero-order valence-corrected chi connectivity index (χ0v) is 12.4. The standard InChI is InChI=1S/C16H25NO3/c1-3-19-14-6-5-12(11-15(14)20-4-2)16(18)9-7-13(17)8-10-16/h5-6,11,13,18H,3-4,7-10,17H2,1-2H3. The smallest absolute Gasteiger partial charge is 0.161 e. The molecule has 4 heteroatoms. The molecule has 0 bridgehead atoms. The summed E-state index contributed by atoms with van der Waals surface area (Å²) in [5, 5.41) is 10.8. The summed E-state index contributed by atoms with van der Waals surface area (Å²) >= 11 is 0. The van der Waals surface area contributed by atoms with Gasteiger partial charge in [-0.15, -0.1) is 0 Å². The molecule has 0 atom stereocenters. The van der Waals surface area contributed by atoms with Crippen molar-refractivity contribution in [3.8, 4) is 11.5 Å². The van der Waals surface area contributed by atoms with Crippen LogP contribution in [0.4, 0.5) is 0 Å². The summed E-state index contributed by atoms with van der Waals surface area (Å²) in [7, 11) is 0. The van der Waals surface area contributed by atoms with Gasteiger partial charge in [-0.05, 0) is 57.2 Å². The van der Waals surface area contributed by atoms with Crippen LogP contribution in [0.15, 0.2) is 18.2 Å². The predicted molar refractivity (Wildman–Crippen MR) is 79.1 cm³/mol. The second-order valence-electron chi connectivity index (χ2n) is 5.40. The van der Waals surface area contributed by atoms with Gasteiger partial charge in [-0.25, -0.2) is 0 Å². The number of ether oxygens (including phenoxy) is 2. The lowest BCUT2D eigenvalue weighted by Gasteiger charge is -2.35. The first-order chi connectivity index (χ1) is 9.59. The molecule has 0 saturated heterocycles. The van der Waals surface area contributed by atoms with Gasteiger partial charge in [-0.3, -0.25) is 0 Å². The maximum Gasteiger partial charge on any atom is 0.161 e. The molecule has 3 N–H and O–H groups in total. The molecule has 0 spiro atoms. The van der Waals surface area contributed by atoms with E-state index in [9.17, 15) is 5.11 Å². The largest absolute Gasteiger partial charge is 0.490 e. The zero-order chi connectivity index (χ0) is 14.6. The van der Waals surface area contributed by atoms with E-state index in [0.29, 0.717) is 31.8 Å². The molecule has 1 fully saturated rings. The van der Waals surface area contributed by atoms with E-state index in [2.05, 4.69) is 0 Å². The molecule has 112 valence electrons. The number of hydrogen-bond donors (Lipinski definition) is 2. The maximum absolute atomic E-state index is 10.8. The minimum atomic E-state index is -0.785. The molecule has 0 heterocycles. The molecule has 1 aromatic carbocycles. The Kier molecular flexibility index (Phi) is 4.89. The molecule has 20 heavy (non-hydrogen) atoms. The topological polar surface area (TPSA) is 64.7 Å². The Balaban J connectivity index is 2.25. The van der Waals surface area contributed by atoms with Crippen molar-refractivity contribution >= 4 is 0 Å². The summed E-state index contributed by atoms with van der Waals surface area (Å²) in [4.78, 5) is 0. The second-order valence-corrected chi connectivity index (χ2v) is 5.40. The van der Waals surface area contributed by atoms with E-state index in [4.69, 9.17) is 15.2 Å². The SMILES string of the molecule is CCOc1ccc(C2(O)CCC(N)CC2)cc1OCC. The third kappa shape index (κ3) is 3.25. The number of aliphatic hydroxyl groups is 1. The van der Waals surface area contributed by atoms with Gasteiger partial charge in [0, 0.05) is 6.04 Å². The van der Waals surface area contributed by atoms with E-state index in [1.54, 1.807) is 0 Å². The number of nitrogens with two attached hydrogens (primary N) is 1. The summed E-state index contributed by atoms with van der Waals surface area (Å²) in [6.07, 6.45) is 3.11. The van der Waals surface area contributed by atoms with Crippen LogP contribution in [0.25, 0.3) is 0 Å². The minimum absolute atomic E-state index is 0.212. The average molecular weight is 279 g/mol. The van der Waals surface area contributed by atoms with Crippen molar-refractivity contribution in [2.75, 3.05) is 13.2 Å². The highest BCUT2D eigenvalue weighted by Gasteiger charge is 2.34. The van der Waals surface area contributed by atoms with Gasteiger partial charge in [0.2, 0.25) is 0 Å². The summed E-state index contributed by atoms with van der Waals surface area (Å²) in [6, 6.07) is 5.94. The van der Waals surface area contributed by atoms with Crippen molar-refractivity contribution in [2.45, 2.75) is 51.2 Å². The molecule has 0 amide bonds. The highest BCUT2D eigenvalue weighted by atomic mass is 16.5. The molecule has 1 aliphatic carbocycles. The van der Waals surface area contributed by atoms with Gasteiger partial charge in [-0.1, -0.05) is 6.07 Å². The van der Waals surface area contributed by atoms with E-state index in [-0.39, 0.29) is 6.04 Å². The average Bonchev–Trinajstić information content (AvgIpc) is 2.45. The first-order valence-corrected chi connectivity index (χ1v) is 7.47. The lowest BCUT2D eigenvalue weighted by molar-refractivity contribution is -0.00520. The molecular formula is C16H25NO3. The van der Waals surface area contributed by atoms with Crippen molar-refractivity contribution in [3.63, 3.8) is 0 Å². The number of hydrogen-bond acceptors (Lipinski definition) is 4. The fraction of sp³-hybridized carbons (Fsp3) is 0.625. The predicted octanol–water partition coefficient (Wildman–Crippen LogP) is 2.57. The van der Waals surface area contributed by atoms with Crippen molar-refractivity contribution in [2.24, 2.45) is 5.73 Å². The third-order valence-electron chi connectivity index (χ3n) is 3.94. The Morgan fingerprint density at radius 3 is 2.35 bits per heavy atom. The van der Waals surface area contributed by atoms with Gasteiger partial charge in [0.05, 0.1) is 18.8 Å². The molecule has 0 aliphatic heterocycles. The zero-order valence-electron chi connectivity index (χ0n) is 12.4. The lowest BCUT2D eigenvalue weighted by atomic mass is 9.78. The van der Waals surface area contributed by atoms with Gasteiger partial charge in [0.1, 0.15) is 0 Å².